The zero-order valence-electron chi connectivity index (χ0n) is 10.7. The highest BCUT2D eigenvalue weighted by molar-refractivity contribution is 5.38. The number of anilines is 1. The summed E-state index contributed by atoms with van der Waals surface area (Å²) < 4.78 is 12.9. The fraction of sp³-hybridized carbons (Fsp3) is 0.286. The Bertz CT molecular complexity index is 487. The maximum atomic E-state index is 12.9. The Kier molecular flexibility index (Phi) is 4.80. The molecule has 0 saturated heterocycles. The molecule has 0 saturated carbocycles. The molecule has 0 aliphatic rings. The molecule has 0 radical (unpaired) electrons. The lowest BCUT2D eigenvalue weighted by molar-refractivity contribution is 0.619. The first-order valence-corrected chi connectivity index (χ1v) is 6.25. The first kappa shape index (κ1) is 13.4. The summed E-state index contributed by atoms with van der Waals surface area (Å²) in [5.41, 5.74) is 6.64. The Morgan fingerprint density at radius 3 is 2.74 bits per heavy atom. The molecule has 2 heterocycles. The van der Waals surface area contributed by atoms with Gasteiger partial charge in [-0.1, -0.05) is 6.07 Å². The Labute approximate surface area is 112 Å². The molecule has 2 rings (SSSR count). The lowest BCUT2D eigenvalue weighted by atomic mass is 10.2. The molecule has 0 aromatic carbocycles. The van der Waals surface area contributed by atoms with Crippen molar-refractivity contribution in [3.8, 4) is 0 Å². The van der Waals surface area contributed by atoms with E-state index in [1.165, 1.54) is 12.3 Å². The summed E-state index contributed by atoms with van der Waals surface area (Å²) in [7, 11) is 0. The van der Waals surface area contributed by atoms with Gasteiger partial charge in [-0.05, 0) is 36.7 Å². The lowest BCUT2D eigenvalue weighted by Gasteiger charge is -2.23. The van der Waals surface area contributed by atoms with Crippen LogP contribution in [0.3, 0.4) is 0 Å². The van der Waals surface area contributed by atoms with Crippen LogP contribution >= 0.6 is 0 Å². The average molecular weight is 260 g/mol. The molecule has 5 heteroatoms. The molecule has 0 spiro atoms. The molecule has 0 bridgehead atoms. The minimum atomic E-state index is -0.330. The summed E-state index contributed by atoms with van der Waals surface area (Å²) in [4.78, 5) is 10.3. The normalized spacial score (nSPS) is 10.4. The molecule has 0 fully saturated rings. The quantitative estimate of drug-likeness (QED) is 0.862. The van der Waals surface area contributed by atoms with Crippen molar-refractivity contribution in [1.82, 2.24) is 9.97 Å². The zero-order chi connectivity index (χ0) is 13.5. The largest absolute Gasteiger partial charge is 0.352 e. The van der Waals surface area contributed by atoms with Crippen LogP contribution in [0.1, 0.15) is 12.0 Å². The molecular weight excluding hydrogens is 243 g/mol. The van der Waals surface area contributed by atoms with E-state index in [1.807, 2.05) is 18.3 Å². The highest BCUT2D eigenvalue weighted by Crippen LogP contribution is 2.14. The predicted molar refractivity (Wildman–Crippen MR) is 73.2 cm³/mol. The van der Waals surface area contributed by atoms with Gasteiger partial charge in [0.25, 0.3) is 0 Å². The Balaban J connectivity index is 2.13. The minimum absolute atomic E-state index is 0.330. The van der Waals surface area contributed by atoms with Gasteiger partial charge < -0.3 is 10.6 Å². The van der Waals surface area contributed by atoms with E-state index >= 15 is 0 Å². The first-order valence-electron chi connectivity index (χ1n) is 6.25. The second kappa shape index (κ2) is 6.80. The standard InChI is InChI=1S/C14H17FN4/c15-13-4-5-14(18-10-13)19(8-2-6-16)11-12-3-1-7-17-9-12/h1,3-5,7,9-10H,2,6,8,11,16H2. The smallest absolute Gasteiger partial charge is 0.141 e. The zero-order valence-corrected chi connectivity index (χ0v) is 10.7. The third-order valence-corrected chi connectivity index (χ3v) is 2.76. The van der Waals surface area contributed by atoms with Gasteiger partial charge in [0.1, 0.15) is 11.6 Å². The number of rotatable bonds is 6. The summed E-state index contributed by atoms with van der Waals surface area (Å²) >= 11 is 0. The Morgan fingerprint density at radius 1 is 1.21 bits per heavy atom. The van der Waals surface area contributed by atoms with Gasteiger partial charge in [-0.15, -0.1) is 0 Å². The SMILES string of the molecule is NCCCN(Cc1cccnc1)c1ccc(F)cn1. The predicted octanol–water partition coefficient (Wildman–Crippen LogP) is 1.97. The van der Waals surface area contributed by atoms with Gasteiger partial charge in [0.2, 0.25) is 0 Å². The fourth-order valence-electron chi connectivity index (χ4n) is 1.82. The topological polar surface area (TPSA) is 55.0 Å². The molecule has 0 unspecified atom stereocenters. The van der Waals surface area contributed by atoms with E-state index in [2.05, 4.69) is 14.9 Å². The van der Waals surface area contributed by atoms with E-state index in [0.29, 0.717) is 13.1 Å². The van der Waals surface area contributed by atoms with Crippen LogP contribution in [0.5, 0.6) is 0 Å². The van der Waals surface area contributed by atoms with E-state index in [1.54, 1.807) is 12.3 Å². The molecule has 2 aromatic heterocycles. The average Bonchev–Trinajstić information content (AvgIpc) is 2.45. The Hall–Kier alpha value is -2.01. The van der Waals surface area contributed by atoms with Crippen molar-refractivity contribution in [3.05, 3.63) is 54.2 Å². The van der Waals surface area contributed by atoms with Crippen LogP contribution < -0.4 is 10.6 Å². The highest BCUT2D eigenvalue weighted by Gasteiger charge is 2.08. The number of pyridine rings is 2. The van der Waals surface area contributed by atoms with Crippen molar-refractivity contribution in [1.29, 1.82) is 0 Å². The van der Waals surface area contributed by atoms with Crippen molar-refractivity contribution in [2.75, 3.05) is 18.0 Å². The number of halogens is 1. The fourth-order valence-corrected chi connectivity index (χ4v) is 1.82. The van der Waals surface area contributed by atoms with Crippen molar-refractivity contribution >= 4 is 5.82 Å². The second-order valence-corrected chi connectivity index (χ2v) is 4.26. The summed E-state index contributed by atoms with van der Waals surface area (Å²) in [6, 6.07) is 7.00. The highest BCUT2D eigenvalue weighted by atomic mass is 19.1. The molecular formula is C14H17FN4. The summed E-state index contributed by atoms with van der Waals surface area (Å²) in [6.07, 6.45) is 5.65. The van der Waals surface area contributed by atoms with Crippen molar-refractivity contribution in [2.24, 2.45) is 5.73 Å². The number of nitrogens with zero attached hydrogens (tertiary/aromatic N) is 3. The summed E-state index contributed by atoms with van der Waals surface area (Å²) in [5.74, 6) is 0.419. The number of hydrogen-bond acceptors (Lipinski definition) is 4. The lowest BCUT2D eigenvalue weighted by Crippen LogP contribution is -2.26. The van der Waals surface area contributed by atoms with Crippen molar-refractivity contribution < 1.29 is 4.39 Å². The van der Waals surface area contributed by atoms with E-state index in [-0.39, 0.29) is 5.82 Å². The Morgan fingerprint density at radius 2 is 2.11 bits per heavy atom. The van der Waals surface area contributed by atoms with E-state index < -0.39 is 0 Å². The molecule has 100 valence electrons. The van der Waals surface area contributed by atoms with Crippen LogP contribution in [0.2, 0.25) is 0 Å². The second-order valence-electron chi connectivity index (χ2n) is 4.26. The third-order valence-electron chi connectivity index (χ3n) is 2.76. The van der Waals surface area contributed by atoms with Gasteiger partial charge >= 0.3 is 0 Å². The molecule has 2 aromatic rings. The van der Waals surface area contributed by atoms with Crippen LogP contribution in [0.15, 0.2) is 42.9 Å². The van der Waals surface area contributed by atoms with E-state index in [4.69, 9.17) is 5.73 Å². The van der Waals surface area contributed by atoms with Crippen LogP contribution in [0.25, 0.3) is 0 Å². The van der Waals surface area contributed by atoms with Crippen LogP contribution in [0, 0.1) is 5.82 Å². The molecule has 0 aliphatic heterocycles. The van der Waals surface area contributed by atoms with E-state index in [9.17, 15) is 4.39 Å². The van der Waals surface area contributed by atoms with Gasteiger partial charge in [0, 0.05) is 25.5 Å². The van der Waals surface area contributed by atoms with Crippen LogP contribution in [-0.4, -0.2) is 23.1 Å². The van der Waals surface area contributed by atoms with Crippen molar-refractivity contribution in [3.63, 3.8) is 0 Å². The number of nitrogens with two attached hydrogens (primary N) is 1. The molecule has 2 N–H and O–H groups in total. The van der Waals surface area contributed by atoms with Gasteiger partial charge in [0.15, 0.2) is 0 Å². The van der Waals surface area contributed by atoms with E-state index in [0.717, 1.165) is 24.3 Å². The summed E-state index contributed by atoms with van der Waals surface area (Å²) in [5, 5.41) is 0. The summed E-state index contributed by atoms with van der Waals surface area (Å²) in [6.45, 7) is 2.08. The van der Waals surface area contributed by atoms with Gasteiger partial charge in [-0.2, -0.15) is 0 Å². The minimum Gasteiger partial charge on any atom is -0.352 e. The number of hydrogen-bond donors (Lipinski definition) is 1. The third kappa shape index (κ3) is 3.99. The first-order chi connectivity index (χ1) is 9.29. The van der Waals surface area contributed by atoms with Gasteiger partial charge in [0.05, 0.1) is 6.20 Å². The maximum absolute atomic E-state index is 12.9. The molecule has 4 nitrogen and oxygen atoms in total. The van der Waals surface area contributed by atoms with Crippen LogP contribution in [-0.2, 0) is 6.54 Å². The molecule has 0 aliphatic carbocycles. The monoisotopic (exact) mass is 260 g/mol. The van der Waals surface area contributed by atoms with Crippen LogP contribution in [0.4, 0.5) is 10.2 Å². The van der Waals surface area contributed by atoms with Gasteiger partial charge in [-0.25, -0.2) is 9.37 Å². The van der Waals surface area contributed by atoms with Gasteiger partial charge in [-0.3, -0.25) is 4.98 Å². The molecule has 0 amide bonds. The molecule has 0 atom stereocenters. The number of aromatic nitrogens is 2. The van der Waals surface area contributed by atoms with Crippen molar-refractivity contribution in [2.45, 2.75) is 13.0 Å². The maximum Gasteiger partial charge on any atom is 0.141 e. The molecule has 19 heavy (non-hydrogen) atoms.